The first-order chi connectivity index (χ1) is 7.02. The van der Waals surface area contributed by atoms with E-state index in [0.717, 1.165) is 0 Å². The van der Waals surface area contributed by atoms with Gasteiger partial charge in [-0.15, -0.1) is 0 Å². The summed E-state index contributed by atoms with van der Waals surface area (Å²) in [6.07, 6.45) is 0.677. The number of nitrogens with one attached hydrogen (secondary N) is 1. The fraction of sp³-hybridized carbons (Fsp3) is 0.800. The van der Waals surface area contributed by atoms with Crippen molar-refractivity contribution in [1.29, 1.82) is 0 Å². The second kappa shape index (κ2) is 5.11. The van der Waals surface area contributed by atoms with Gasteiger partial charge in [-0.05, 0) is 12.3 Å². The van der Waals surface area contributed by atoms with Crippen LogP contribution in [0, 0.1) is 11.8 Å². The van der Waals surface area contributed by atoms with Crippen LogP contribution in [-0.2, 0) is 14.3 Å². The van der Waals surface area contributed by atoms with Crippen molar-refractivity contribution in [3.63, 3.8) is 0 Å². The van der Waals surface area contributed by atoms with Crippen molar-refractivity contribution in [2.75, 3.05) is 13.2 Å². The molecule has 5 heteroatoms. The normalized spacial score (nSPS) is 22.7. The molecular weight excluding hydrogens is 198 g/mol. The SMILES string of the molecule is CC(C)[C@H](NC(=O)[C@@H]1CCOC1)C(=O)O. The number of hydrogen-bond donors (Lipinski definition) is 2. The standard InChI is InChI=1S/C10H17NO4/c1-6(2)8(10(13)14)11-9(12)7-3-4-15-5-7/h6-8H,3-5H2,1-2H3,(H,11,12)(H,13,14)/t7-,8+/m1/s1. The summed E-state index contributed by atoms with van der Waals surface area (Å²) in [5.41, 5.74) is 0. The van der Waals surface area contributed by atoms with Gasteiger partial charge in [0.05, 0.1) is 12.5 Å². The average Bonchev–Trinajstić information content (AvgIpc) is 2.65. The van der Waals surface area contributed by atoms with Crippen LogP contribution in [0.3, 0.4) is 0 Å². The number of aliphatic carboxylic acids is 1. The molecule has 86 valence electrons. The second-order valence-corrected chi connectivity index (χ2v) is 4.13. The molecule has 0 aliphatic carbocycles. The Hall–Kier alpha value is -1.10. The zero-order valence-corrected chi connectivity index (χ0v) is 9.03. The predicted octanol–water partition coefficient (Wildman–Crippen LogP) is 0.248. The molecule has 0 unspecified atom stereocenters. The molecular formula is C10H17NO4. The summed E-state index contributed by atoms with van der Waals surface area (Å²) < 4.78 is 5.07. The van der Waals surface area contributed by atoms with Crippen molar-refractivity contribution >= 4 is 11.9 Å². The third-order valence-electron chi connectivity index (χ3n) is 2.53. The number of carbonyl (C=O) groups excluding carboxylic acids is 1. The lowest BCUT2D eigenvalue weighted by Crippen LogP contribution is -2.46. The molecule has 0 radical (unpaired) electrons. The van der Waals surface area contributed by atoms with E-state index >= 15 is 0 Å². The molecule has 1 rings (SSSR count). The van der Waals surface area contributed by atoms with Crippen LogP contribution >= 0.6 is 0 Å². The molecule has 1 aliphatic rings. The summed E-state index contributed by atoms with van der Waals surface area (Å²) in [5, 5.41) is 11.4. The number of hydrogen-bond acceptors (Lipinski definition) is 3. The fourth-order valence-corrected chi connectivity index (χ4v) is 1.53. The highest BCUT2D eigenvalue weighted by Crippen LogP contribution is 2.13. The van der Waals surface area contributed by atoms with E-state index in [1.807, 2.05) is 0 Å². The van der Waals surface area contributed by atoms with Gasteiger partial charge in [-0.25, -0.2) is 4.79 Å². The molecule has 0 bridgehead atoms. The van der Waals surface area contributed by atoms with E-state index in [-0.39, 0.29) is 17.7 Å². The van der Waals surface area contributed by atoms with Gasteiger partial charge in [-0.1, -0.05) is 13.8 Å². The number of carbonyl (C=O) groups is 2. The molecule has 5 nitrogen and oxygen atoms in total. The molecule has 1 aliphatic heterocycles. The number of ether oxygens (including phenoxy) is 1. The molecule has 2 atom stereocenters. The van der Waals surface area contributed by atoms with Crippen LogP contribution in [0.5, 0.6) is 0 Å². The topological polar surface area (TPSA) is 75.6 Å². The Labute approximate surface area is 88.8 Å². The monoisotopic (exact) mass is 215 g/mol. The smallest absolute Gasteiger partial charge is 0.326 e. The van der Waals surface area contributed by atoms with Gasteiger partial charge in [-0.2, -0.15) is 0 Å². The van der Waals surface area contributed by atoms with E-state index in [1.54, 1.807) is 13.8 Å². The van der Waals surface area contributed by atoms with Gasteiger partial charge < -0.3 is 15.2 Å². The van der Waals surface area contributed by atoms with Gasteiger partial charge in [0, 0.05) is 6.61 Å². The van der Waals surface area contributed by atoms with E-state index in [0.29, 0.717) is 19.6 Å². The minimum Gasteiger partial charge on any atom is -0.480 e. The highest BCUT2D eigenvalue weighted by Gasteiger charge is 2.29. The van der Waals surface area contributed by atoms with Crippen LogP contribution in [0.2, 0.25) is 0 Å². The fourth-order valence-electron chi connectivity index (χ4n) is 1.53. The van der Waals surface area contributed by atoms with Gasteiger partial charge in [0.15, 0.2) is 0 Å². The molecule has 2 N–H and O–H groups in total. The van der Waals surface area contributed by atoms with Crippen molar-refractivity contribution in [2.24, 2.45) is 11.8 Å². The predicted molar refractivity (Wildman–Crippen MR) is 53.3 cm³/mol. The largest absolute Gasteiger partial charge is 0.480 e. The molecule has 0 aromatic carbocycles. The molecule has 15 heavy (non-hydrogen) atoms. The lowest BCUT2D eigenvalue weighted by Gasteiger charge is -2.19. The number of rotatable bonds is 4. The van der Waals surface area contributed by atoms with Crippen molar-refractivity contribution in [3.05, 3.63) is 0 Å². The number of amides is 1. The number of carboxylic acid groups (broad SMARTS) is 1. The Balaban J connectivity index is 2.50. The summed E-state index contributed by atoms with van der Waals surface area (Å²) >= 11 is 0. The van der Waals surface area contributed by atoms with E-state index in [4.69, 9.17) is 9.84 Å². The maximum Gasteiger partial charge on any atom is 0.326 e. The van der Waals surface area contributed by atoms with Crippen LogP contribution in [-0.4, -0.2) is 36.2 Å². The first-order valence-electron chi connectivity index (χ1n) is 5.13. The van der Waals surface area contributed by atoms with Crippen molar-refractivity contribution in [3.8, 4) is 0 Å². The van der Waals surface area contributed by atoms with Crippen LogP contribution in [0.1, 0.15) is 20.3 Å². The molecule has 1 amide bonds. The number of carboxylic acids is 1. The zero-order valence-electron chi connectivity index (χ0n) is 9.03. The van der Waals surface area contributed by atoms with Crippen LogP contribution in [0.15, 0.2) is 0 Å². The minimum atomic E-state index is -0.989. The molecule has 0 saturated carbocycles. The summed E-state index contributed by atoms with van der Waals surface area (Å²) in [5.74, 6) is -1.51. The Morgan fingerprint density at radius 3 is 2.53 bits per heavy atom. The third-order valence-corrected chi connectivity index (χ3v) is 2.53. The van der Waals surface area contributed by atoms with E-state index in [9.17, 15) is 9.59 Å². The summed E-state index contributed by atoms with van der Waals surface area (Å²) in [6.45, 7) is 4.52. The first kappa shape index (κ1) is 12.0. The van der Waals surface area contributed by atoms with E-state index < -0.39 is 12.0 Å². The lowest BCUT2D eigenvalue weighted by molar-refractivity contribution is -0.143. The molecule has 1 saturated heterocycles. The first-order valence-corrected chi connectivity index (χ1v) is 5.13. The van der Waals surface area contributed by atoms with Crippen molar-refractivity contribution in [2.45, 2.75) is 26.3 Å². The van der Waals surface area contributed by atoms with Crippen LogP contribution in [0.4, 0.5) is 0 Å². The Kier molecular flexibility index (Phi) is 4.08. The van der Waals surface area contributed by atoms with Crippen molar-refractivity contribution in [1.82, 2.24) is 5.32 Å². The third kappa shape index (κ3) is 3.20. The van der Waals surface area contributed by atoms with Gasteiger partial charge in [0.25, 0.3) is 0 Å². The quantitative estimate of drug-likeness (QED) is 0.704. The Bertz CT molecular complexity index is 246. The Morgan fingerprint density at radius 1 is 1.47 bits per heavy atom. The molecule has 1 fully saturated rings. The van der Waals surface area contributed by atoms with Gasteiger partial charge in [-0.3, -0.25) is 4.79 Å². The van der Waals surface area contributed by atoms with E-state index in [2.05, 4.69) is 5.32 Å². The van der Waals surface area contributed by atoms with Crippen LogP contribution < -0.4 is 5.32 Å². The lowest BCUT2D eigenvalue weighted by atomic mass is 10.0. The van der Waals surface area contributed by atoms with Gasteiger partial charge in [0.1, 0.15) is 6.04 Å². The summed E-state index contributed by atoms with van der Waals surface area (Å²) in [6, 6.07) is -0.807. The van der Waals surface area contributed by atoms with Gasteiger partial charge in [0.2, 0.25) is 5.91 Å². The Morgan fingerprint density at radius 2 is 2.13 bits per heavy atom. The molecule has 0 aromatic rings. The molecule has 0 spiro atoms. The second-order valence-electron chi connectivity index (χ2n) is 4.13. The zero-order chi connectivity index (χ0) is 11.4. The maximum atomic E-state index is 11.6. The highest BCUT2D eigenvalue weighted by atomic mass is 16.5. The summed E-state index contributed by atoms with van der Waals surface area (Å²) in [4.78, 5) is 22.5. The van der Waals surface area contributed by atoms with E-state index in [1.165, 1.54) is 0 Å². The summed E-state index contributed by atoms with van der Waals surface area (Å²) in [7, 11) is 0. The highest BCUT2D eigenvalue weighted by molar-refractivity contribution is 5.85. The average molecular weight is 215 g/mol. The van der Waals surface area contributed by atoms with Crippen molar-refractivity contribution < 1.29 is 19.4 Å². The van der Waals surface area contributed by atoms with Crippen LogP contribution in [0.25, 0.3) is 0 Å². The van der Waals surface area contributed by atoms with Gasteiger partial charge >= 0.3 is 5.97 Å². The maximum absolute atomic E-state index is 11.6. The molecule has 0 aromatic heterocycles. The molecule has 1 heterocycles. The minimum absolute atomic E-state index is 0.117.